The zero-order valence-electron chi connectivity index (χ0n) is 43.8. The smallest absolute Gasteiger partial charge is 0.306 e. The molecular weight excluding hydrogens is 858 g/mol. The Bertz CT molecular complexity index is 1360. The van der Waals surface area contributed by atoms with Crippen molar-refractivity contribution in [2.24, 2.45) is 0 Å². The Morgan fingerprint density at radius 2 is 0.851 bits per heavy atom. The van der Waals surface area contributed by atoms with E-state index in [1.54, 1.807) is 0 Å². The Morgan fingerprint density at radius 1 is 0.478 bits per heavy atom. The highest BCUT2D eigenvalue weighted by Gasteiger charge is 2.21. The van der Waals surface area contributed by atoms with Gasteiger partial charge in [0.15, 0.2) is 6.10 Å². The summed E-state index contributed by atoms with van der Waals surface area (Å²) in [7, 11) is 1.15. The highest BCUT2D eigenvalue weighted by atomic mass is 31.2. The second kappa shape index (κ2) is 48.5. The van der Waals surface area contributed by atoms with Crippen LogP contribution in [0, 0.1) is 0 Å². The summed E-state index contributed by atoms with van der Waals surface area (Å²) in [5.74, 6) is -0.848. The van der Waals surface area contributed by atoms with Gasteiger partial charge in [-0.1, -0.05) is 209 Å². The molecule has 0 rings (SSSR count). The number of likely N-dealkylation sites (N-methyl/N-ethyl adjacent to an activating group) is 1. The van der Waals surface area contributed by atoms with Crippen molar-refractivity contribution in [3.63, 3.8) is 0 Å². The number of esters is 2. The lowest BCUT2D eigenvalue weighted by Gasteiger charge is -2.28. The van der Waals surface area contributed by atoms with Gasteiger partial charge >= 0.3 is 11.9 Å². The van der Waals surface area contributed by atoms with Crippen LogP contribution in [-0.4, -0.2) is 70.0 Å². The van der Waals surface area contributed by atoms with Crippen molar-refractivity contribution in [1.82, 2.24) is 0 Å². The van der Waals surface area contributed by atoms with Crippen LogP contribution in [0.2, 0.25) is 0 Å². The number of hydrogen-bond acceptors (Lipinski definition) is 8. The van der Waals surface area contributed by atoms with Crippen LogP contribution >= 0.6 is 7.82 Å². The number of phosphoric ester groups is 1. The van der Waals surface area contributed by atoms with Gasteiger partial charge in [-0.25, -0.2) is 0 Å². The third-order valence-corrected chi connectivity index (χ3v) is 12.4. The highest BCUT2D eigenvalue weighted by Crippen LogP contribution is 2.38. The van der Waals surface area contributed by atoms with Gasteiger partial charge in [0.05, 0.1) is 27.7 Å². The molecular formula is C57H102NO8P. The monoisotopic (exact) mass is 960 g/mol. The molecule has 0 spiro atoms. The maximum Gasteiger partial charge on any atom is 0.306 e. The number of ether oxygens (including phenoxy) is 2. The first kappa shape index (κ1) is 64.5. The van der Waals surface area contributed by atoms with Gasteiger partial charge in [0.25, 0.3) is 7.82 Å². The SMILES string of the molecule is CC/C=C\C/C=C\C/C=C\C/C=C\CCCCCCCCCCCCCCCCCCC(=O)OC(COC(=O)CCCCCCC/C=C\C/C=C\CCCC)COP(=O)([O-])OCC[N+](C)(C)C. The average molecular weight is 960 g/mol. The molecule has 0 amide bonds. The van der Waals surface area contributed by atoms with Crippen LogP contribution in [-0.2, 0) is 32.7 Å². The van der Waals surface area contributed by atoms with Crippen molar-refractivity contribution in [2.45, 2.75) is 232 Å². The van der Waals surface area contributed by atoms with Crippen molar-refractivity contribution in [2.75, 3.05) is 47.5 Å². The Hall–Kier alpha value is -2.55. The van der Waals surface area contributed by atoms with Gasteiger partial charge in [0, 0.05) is 12.8 Å². The lowest BCUT2D eigenvalue weighted by Crippen LogP contribution is -2.37. The van der Waals surface area contributed by atoms with Crippen LogP contribution in [0.5, 0.6) is 0 Å². The van der Waals surface area contributed by atoms with E-state index in [1.165, 1.54) is 96.3 Å². The lowest BCUT2D eigenvalue weighted by molar-refractivity contribution is -0.870. The summed E-state index contributed by atoms with van der Waals surface area (Å²) >= 11 is 0. The van der Waals surface area contributed by atoms with Crippen molar-refractivity contribution in [3.05, 3.63) is 72.9 Å². The van der Waals surface area contributed by atoms with Crippen LogP contribution in [0.25, 0.3) is 0 Å². The first-order valence-electron chi connectivity index (χ1n) is 27.1. The summed E-state index contributed by atoms with van der Waals surface area (Å²) in [6.07, 6.45) is 62.3. The van der Waals surface area contributed by atoms with E-state index in [1.807, 2.05) is 21.1 Å². The van der Waals surface area contributed by atoms with Crippen LogP contribution < -0.4 is 4.89 Å². The summed E-state index contributed by atoms with van der Waals surface area (Å²) in [4.78, 5) is 37.7. The molecule has 0 saturated carbocycles. The molecule has 0 aliphatic rings. The summed E-state index contributed by atoms with van der Waals surface area (Å²) in [6.45, 7) is 4.07. The minimum Gasteiger partial charge on any atom is -0.756 e. The van der Waals surface area contributed by atoms with E-state index in [-0.39, 0.29) is 26.1 Å². The van der Waals surface area contributed by atoms with Gasteiger partial charge in [0.2, 0.25) is 0 Å². The molecule has 10 heteroatoms. The molecule has 0 aromatic heterocycles. The number of carbonyl (C=O) groups excluding carboxylic acids is 2. The normalized spacial score (nSPS) is 13.9. The fourth-order valence-electron chi connectivity index (χ4n) is 7.25. The lowest BCUT2D eigenvalue weighted by atomic mass is 10.0. The van der Waals surface area contributed by atoms with E-state index in [0.717, 1.165) is 89.9 Å². The zero-order valence-corrected chi connectivity index (χ0v) is 44.7. The van der Waals surface area contributed by atoms with E-state index in [9.17, 15) is 19.0 Å². The molecule has 0 aromatic rings. The fraction of sp³-hybridized carbons (Fsp3) is 0.754. The van der Waals surface area contributed by atoms with E-state index < -0.39 is 32.5 Å². The van der Waals surface area contributed by atoms with E-state index in [4.69, 9.17) is 18.5 Å². The van der Waals surface area contributed by atoms with Crippen molar-refractivity contribution < 1.29 is 42.1 Å². The summed E-state index contributed by atoms with van der Waals surface area (Å²) < 4.78 is 34.1. The van der Waals surface area contributed by atoms with E-state index >= 15 is 0 Å². The number of hydrogen-bond donors (Lipinski definition) is 0. The molecule has 0 aliphatic carbocycles. The second-order valence-electron chi connectivity index (χ2n) is 19.2. The second-order valence-corrected chi connectivity index (χ2v) is 20.6. The third-order valence-electron chi connectivity index (χ3n) is 11.5. The molecule has 0 fully saturated rings. The minimum absolute atomic E-state index is 0.0349. The quantitative estimate of drug-likeness (QED) is 0.0195. The molecule has 2 unspecified atom stereocenters. The first-order valence-corrected chi connectivity index (χ1v) is 28.6. The number of phosphoric acid groups is 1. The maximum absolute atomic E-state index is 12.8. The molecule has 0 aliphatic heterocycles. The van der Waals surface area contributed by atoms with Gasteiger partial charge in [-0.15, -0.1) is 0 Å². The molecule has 0 radical (unpaired) electrons. The summed E-state index contributed by atoms with van der Waals surface area (Å²) in [5.41, 5.74) is 0. The van der Waals surface area contributed by atoms with Crippen LogP contribution in [0.4, 0.5) is 0 Å². The Balaban J connectivity index is 4.12. The summed E-state index contributed by atoms with van der Waals surface area (Å²) in [6, 6.07) is 0. The number of carbonyl (C=O) groups is 2. The Kier molecular flexibility index (Phi) is 46.6. The molecule has 388 valence electrons. The van der Waals surface area contributed by atoms with Gasteiger partial charge in [-0.3, -0.25) is 14.2 Å². The maximum atomic E-state index is 12.8. The number of nitrogens with zero attached hydrogens (tertiary/aromatic N) is 1. The number of allylic oxidation sites excluding steroid dienone is 12. The largest absolute Gasteiger partial charge is 0.756 e. The van der Waals surface area contributed by atoms with Crippen LogP contribution in [0.1, 0.15) is 226 Å². The highest BCUT2D eigenvalue weighted by molar-refractivity contribution is 7.45. The van der Waals surface area contributed by atoms with Gasteiger partial charge in [-0.2, -0.15) is 0 Å². The van der Waals surface area contributed by atoms with Crippen LogP contribution in [0.15, 0.2) is 72.9 Å². The number of unbranched alkanes of at least 4 members (excludes halogenated alkanes) is 23. The standard InChI is InChI=1S/C57H102NO8P/c1-6-8-10-12-14-16-18-20-22-23-24-25-26-27-28-29-30-31-32-33-34-35-36-38-40-42-44-46-48-50-57(60)66-55(54-65-67(61,62)64-52-51-58(3,4)5)53-63-56(59)49-47-45-43-41-39-37-21-19-17-15-13-11-9-7-2/h8,10,13-16,19-22,24-25,55H,6-7,9,11-12,17-18,23,26-54H2,1-5H3/b10-8-,15-13-,16-14-,21-19-,22-20-,25-24-. The molecule has 0 saturated heterocycles. The molecule has 0 aromatic carbocycles. The molecule has 0 heterocycles. The summed E-state index contributed by atoms with van der Waals surface area (Å²) in [5, 5.41) is 0. The Labute approximate surface area is 412 Å². The minimum atomic E-state index is -4.64. The third kappa shape index (κ3) is 52.7. The molecule has 67 heavy (non-hydrogen) atoms. The fourth-order valence-corrected chi connectivity index (χ4v) is 7.98. The van der Waals surface area contributed by atoms with Crippen LogP contribution in [0.3, 0.4) is 0 Å². The Morgan fingerprint density at radius 3 is 1.27 bits per heavy atom. The van der Waals surface area contributed by atoms with Crippen molar-refractivity contribution in [3.8, 4) is 0 Å². The molecule has 0 N–H and O–H groups in total. The molecule has 2 atom stereocenters. The average Bonchev–Trinajstić information content (AvgIpc) is 3.29. The van der Waals surface area contributed by atoms with E-state index in [2.05, 4.69) is 86.8 Å². The predicted molar refractivity (Wildman–Crippen MR) is 282 cm³/mol. The topological polar surface area (TPSA) is 111 Å². The van der Waals surface area contributed by atoms with Gasteiger partial charge in [0.1, 0.15) is 19.8 Å². The van der Waals surface area contributed by atoms with Crippen molar-refractivity contribution in [1.29, 1.82) is 0 Å². The van der Waals surface area contributed by atoms with Gasteiger partial charge < -0.3 is 27.9 Å². The van der Waals surface area contributed by atoms with E-state index in [0.29, 0.717) is 23.9 Å². The first-order chi connectivity index (χ1) is 32.5. The zero-order chi connectivity index (χ0) is 49.2. The number of quaternary nitrogens is 1. The van der Waals surface area contributed by atoms with Crippen molar-refractivity contribution >= 4 is 19.8 Å². The molecule has 0 bridgehead atoms. The predicted octanol–water partition coefficient (Wildman–Crippen LogP) is 15.9. The number of rotatable bonds is 49. The molecule has 9 nitrogen and oxygen atoms in total. The van der Waals surface area contributed by atoms with Gasteiger partial charge in [-0.05, 0) is 77.0 Å².